The molecular weight excluding hydrogens is 392 g/mol. The molecule has 0 spiro atoms. The number of anilines is 2. The van der Waals surface area contributed by atoms with Gasteiger partial charge in [0, 0.05) is 37.5 Å². The quantitative estimate of drug-likeness (QED) is 0.517. The minimum atomic E-state index is 0.472. The zero-order valence-electron chi connectivity index (χ0n) is 17.4. The maximum atomic E-state index is 5.96. The van der Waals surface area contributed by atoms with Gasteiger partial charge in [0.05, 0.1) is 18.9 Å². The number of fused-ring (bicyclic) bond motifs is 1. The number of nitrogens with zero attached hydrogens (tertiary/aromatic N) is 5. The van der Waals surface area contributed by atoms with Crippen LogP contribution < -0.4 is 15.0 Å². The number of hydrogen-bond acceptors (Lipinski definition) is 7. The molecule has 1 fully saturated rings. The first-order valence-corrected chi connectivity index (χ1v) is 10.3. The third kappa shape index (κ3) is 4.15. The number of nitrogens with one attached hydrogen (secondary N) is 1. The van der Waals surface area contributed by atoms with Crippen LogP contribution in [0.15, 0.2) is 60.8 Å². The maximum absolute atomic E-state index is 5.96. The molecule has 1 aliphatic rings. The highest BCUT2D eigenvalue weighted by Gasteiger charge is 2.12. The summed E-state index contributed by atoms with van der Waals surface area (Å²) in [6.07, 6.45) is 1.88. The molecule has 0 atom stereocenters. The van der Waals surface area contributed by atoms with Crippen LogP contribution in [0.1, 0.15) is 5.56 Å². The van der Waals surface area contributed by atoms with Crippen LogP contribution in [0.4, 0.5) is 11.8 Å². The number of benzene rings is 1. The van der Waals surface area contributed by atoms with E-state index in [1.54, 1.807) is 0 Å². The number of pyridine rings is 2. The predicted molar refractivity (Wildman–Crippen MR) is 120 cm³/mol. The molecule has 0 aliphatic carbocycles. The highest BCUT2D eigenvalue weighted by molar-refractivity contribution is 5.64. The van der Waals surface area contributed by atoms with E-state index >= 15 is 0 Å². The average Bonchev–Trinajstić information content (AvgIpc) is 3.28. The van der Waals surface area contributed by atoms with Crippen molar-refractivity contribution in [2.75, 3.05) is 43.6 Å². The Kier molecular flexibility index (Phi) is 5.37. The smallest absolute Gasteiger partial charge is 0.242 e. The topological polar surface area (TPSA) is 76.8 Å². The van der Waals surface area contributed by atoms with E-state index in [0.717, 1.165) is 60.3 Å². The minimum absolute atomic E-state index is 0.472. The highest BCUT2D eigenvalue weighted by Crippen LogP contribution is 2.24. The standard InChI is InChI=1S/C23H24N6O2/c1-24-23-26-22-4-2-3-20(29(22)27-23)18-6-8-19(9-7-18)31-16-17-5-10-21(25-15-17)28-11-13-30-14-12-28/h2-10,15H,11-14,16H2,1H3,(H,24,27). The molecule has 1 aliphatic heterocycles. The van der Waals surface area contributed by atoms with Gasteiger partial charge < -0.3 is 19.7 Å². The number of hydrogen-bond donors (Lipinski definition) is 1. The predicted octanol–water partition coefficient (Wildman–Crippen LogP) is 3.25. The van der Waals surface area contributed by atoms with Gasteiger partial charge in [-0.25, -0.2) is 9.50 Å². The van der Waals surface area contributed by atoms with Crippen LogP contribution in [0.3, 0.4) is 0 Å². The fraction of sp³-hybridized carbons (Fsp3) is 0.261. The Morgan fingerprint density at radius 2 is 1.87 bits per heavy atom. The van der Waals surface area contributed by atoms with Gasteiger partial charge >= 0.3 is 0 Å². The molecule has 0 bridgehead atoms. The Hall–Kier alpha value is -3.65. The lowest BCUT2D eigenvalue weighted by Crippen LogP contribution is -2.36. The number of rotatable bonds is 6. The van der Waals surface area contributed by atoms with Crippen molar-refractivity contribution in [3.63, 3.8) is 0 Å². The van der Waals surface area contributed by atoms with Crippen molar-refractivity contribution >= 4 is 17.4 Å². The SMILES string of the molecule is CNc1nc2cccc(-c3ccc(OCc4ccc(N5CCOCC5)nc4)cc3)n2n1. The third-order valence-corrected chi connectivity index (χ3v) is 5.28. The van der Waals surface area contributed by atoms with Gasteiger partial charge in [0.15, 0.2) is 5.65 Å². The van der Waals surface area contributed by atoms with Gasteiger partial charge in [0.1, 0.15) is 18.2 Å². The highest BCUT2D eigenvalue weighted by atomic mass is 16.5. The monoisotopic (exact) mass is 416 g/mol. The van der Waals surface area contributed by atoms with Gasteiger partial charge in [0.2, 0.25) is 5.95 Å². The first kappa shape index (κ1) is 19.3. The van der Waals surface area contributed by atoms with Crippen LogP contribution in [0.25, 0.3) is 16.9 Å². The van der Waals surface area contributed by atoms with Crippen molar-refractivity contribution in [2.24, 2.45) is 0 Å². The van der Waals surface area contributed by atoms with E-state index in [0.29, 0.717) is 12.6 Å². The normalized spacial score (nSPS) is 14.0. The van der Waals surface area contributed by atoms with Gasteiger partial charge in [-0.15, -0.1) is 5.10 Å². The van der Waals surface area contributed by atoms with Crippen molar-refractivity contribution in [1.29, 1.82) is 0 Å². The van der Waals surface area contributed by atoms with E-state index in [1.165, 1.54) is 0 Å². The summed E-state index contributed by atoms with van der Waals surface area (Å²) in [4.78, 5) is 11.2. The van der Waals surface area contributed by atoms with Crippen LogP contribution in [0.5, 0.6) is 5.75 Å². The molecule has 5 rings (SSSR count). The lowest BCUT2D eigenvalue weighted by atomic mass is 10.1. The first-order chi connectivity index (χ1) is 15.3. The van der Waals surface area contributed by atoms with E-state index in [-0.39, 0.29) is 0 Å². The lowest BCUT2D eigenvalue weighted by Gasteiger charge is -2.27. The second-order valence-electron chi connectivity index (χ2n) is 7.30. The average molecular weight is 416 g/mol. The molecular formula is C23H24N6O2. The van der Waals surface area contributed by atoms with Gasteiger partial charge in [-0.05, 0) is 42.5 Å². The summed E-state index contributed by atoms with van der Waals surface area (Å²) < 4.78 is 13.2. The molecule has 4 heterocycles. The van der Waals surface area contributed by atoms with Crippen LogP contribution in [-0.4, -0.2) is 52.9 Å². The molecule has 1 N–H and O–H groups in total. The van der Waals surface area contributed by atoms with Crippen molar-refractivity contribution in [1.82, 2.24) is 19.6 Å². The number of ether oxygens (including phenoxy) is 2. The molecule has 1 saturated heterocycles. The maximum Gasteiger partial charge on any atom is 0.242 e. The van der Waals surface area contributed by atoms with E-state index < -0.39 is 0 Å². The Bertz CT molecular complexity index is 1150. The Balaban J connectivity index is 1.25. The van der Waals surface area contributed by atoms with Crippen LogP contribution in [0, 0.1) is 0 Å². The first-order valence-electron chi connectivity index (χ1n) is 10.3. The summed E-state index contributed by atoms with van der Waals surface area (Å²) >= 11 is 0. The van der Waals surface area contributed by atoms with Crippen molar-refractivity contribution in [3.05, 3.63) is 66.4 Å². The lowest BCUT2D eigenvalue weighted by molar-refractivity contribution is 0.122. The van der Waals surface area contributed by atoms with Crippen LogP contribution >= 0.6 is 0 Å². The van der Waals surface area contributed by atoms with E-state index in [1.807, 2.05) is 66.3 Å². The molecule has 0 saturated carbocycles. The fourth-order valence-corrected chi connectivity index (χ4v) is 3.60. The summed E-state index contributed by atoms with van der Waals surface area (Å²) in [5.41, 5.74) is 3.85. The summed E-state index contributed by atoms with van der Waals surface area (Å²) in [6, 6.07) is 18.1. The molecule has 8 nitrogen and oxygen atoms in total. The van der Waals surface area contributed by atoms with Gasteiger partial charge in [0.25, 0.3) is 0 Å². The second-order valence-corrected chi connectivity index (χ2v) is 7.30. The Morgan fingerprint density at radius 3 is 2.61 bits per heavy atom. The van der Waals surface area contributed by atoms with Crippen LogP contribution in [0.2, 0.25) is 0 Å². The minimum Gasteiger partial charge on any atom is -0.489 e. The van der Waals surface area contributed by atoms with E-state index in [2.05, 4.69) is 31.3 Å². The third-order valence-electron chi connectivity index (χ3n) is 5.28. The number of morpholine rings is 1. The molecule has 158 valence electrons. The zero-order chi connectivity index (χ0) is 21.0. The summed E-state index contributed by atoms with van der Waals surface area (Å²) in [5.74, 6) is 2.39. The van der Waals surface area contributed by atoms with Gasteiger partial charge in [-0.2, -0.15) is 4.98 Å². The number of aromatic nitrogens is 4. The summed E-state index contributed by atoms with van der Waals surface area (Å²) in [7, 11) is 1.81. The van der Waals surface area contributed by atoms with Crippen molar-refractivity contribution < 1.29 is 9.47 Å². The molecule has 31 heavy (non-hydrogen) atoms. The Morgan fingerprint density at radius 1 is 1.03 bits per heavy atom. The van der Waals surface area contributed by atoms with E-state index in [4.69, 9.17) is 9.47 Å². The van der Waals surface area contributed by atoms with Crippen molar-refractivity contribution in [2.45, 2.75) is 6.61 Å². The van der Waals surface area contributed by atoms with Crippen LogP contribution in [-0.2, 0) is 11.3 Å². The van der Waals surface area contributed by atoms with E-state index in [9.17, 15) is 0 Å². The second kappa shape index (κ2) is 8.61. The van der Waals surface area contributed by atoms with Gasteiger partial charge in [-0.3, -0.25) is 0 Å². The zero-order valence-corrected chi connectivity index (χ0v) is 17.4. The molecule has 0 unspecified atom stereocenters. The fourth-order valence-electron chi connectivity index (χ4n) is 3.60. The van der Waals surface area contributed by atoms with Gasteiger partial charge in [-0.1, -0.05) is 12.1 Å². The molecule has 1 aromatic carbocycles. The van der Waals surface area contributed by atoms with Crippen molar-refractivity contribution in [3.8, 4) is 17.0 Å². The molecule has 4 aromatic rings. The summed E-state index contributed by atoms with van der Waals surface area (Å²) in [6.45, 7) is 3.75. The largest absolute Gasteiger partial charge is 0.489 e. The molecule has 8 heteroatoms. The molecule has 3 aromatic heterocycles. The summed E-state index contributed by atoms with van der Waals surface area (Å²) in [5, 5.41) is 7.47. The molecule has 0 radical (unpaired) electrons. The Labute approximate surface area is 180 Å². The molecule has 0 amide bonds.